The Labute approximate surface area is 184 Å². The van der Waals surface area contributed by atoms with Gasteiger partial charge in [-0.2, -0.15) is 0 Å². The fourth-order valence-electron chi connectivity index (χ4n) is 4.63. The summed E-state index contributed by atoms with van der Waals surface area (Å²) in [6.07, 6.45) is 1.69. The molecule has 0 unspecified atom stereocenters. The van der Waals surface area contributed by atoms with E-state index in [9.17, 15) is 4.79 Å². The number of furan rings is 1. The van der Waals surface area contributed by atoms with E-state index in [1.54, 1.807) is 13.4 Å². The van der Waals surface area contributed by atoms with Crippen LogP contribution in [0.15, 0.2) is 53.1 Å². The molecule has 1 atom stereocenters. The first-order valence-corrected chi connectivity index (χ1v) is 11.0. The zero-order valence-electron chi connectivity index (χ0n) is 18.9. The first kappa shape index (κ1) is 21.2. The summed E-state index contributed by atoms with van der Waals surface area (Å²) in [5, 5.41) is 0. The van der Waals surface area contributed by atoms with Crippen molar-refractivity contribution in [2.45, 2.75) is 33.4 Å². The summed E-state index contributed by atoms with van der Waals surface area (Å²) in [4.78, 5) is 17.1. The Morgan fingerprint density at radius 1 is 1.16 bits per heavy atom. The molecule has 164 valence electrons. The van der Waals surface area contributed by atoms with E-state index < -0.39 is 0 Å². The number of ketones is 1. The van der Waals surface area contributed by atoms with Crippen LogP contribution in [0, 0.1) is 13.8 Å². The average molecular weight is 423 g/mol. The Kier molecular flexibility index (Phi) is 6.18. The number of methoxy groups -OCH3 is 1. The Morgan fingerprint density at radius 2 is 1.90 bits per heavy atom. The van der Waals surface area contributed by atoms with Crippen LogP contribution in [0.3, 0.4) is 0 Å². The Bertz CT molecular complexity index is 1030. The first-order chi connectivity index (χ1) is 15.0. The first-order valence-electron chi connectivity index (χ1n) is 11.0. The van der Waals surface area contributed by atoms with Gasteiger partial charge >= 0.3 is 0 Å². The molecule has 1 fully saturated rings. The Balaban J connectivity index is 1.43. The highest BCUT2D eigenvalue weighted by atomic mass is 16.5. The normalized spacial score (nSPS) is 15.8. The molecular formula is C25H32N3O3+. The monoisotopic (exact) mass is 422 g/mol. The molecule has 0 saturated carbocycles. The number of Topliss-reactive ketones (excluding diaryl/α,β-unsaturated/α-hetero) is 1. The van der Waals surface area contributed by atoms with Crippen LogP contribution in [0.4, 0.5) is 5.69 Å². The predicted molar refractivity (Wildman–Crippen MR) is 121 cm³/mol. The molecule has 2 aromatic heterocycles. The largest absolute Gasteiger partial charge is 0.495 e. The molecule has 6 nitrogen and oxygen atoms in total. The summed E-state index contributed by atoms with van der Waals surface area (Å²) in [5.74, 6) is 2.02. The number of piperazine rings is 1. The van der Waals surface area contributed by atoms with E-state index in [1.165, 1.54) is 4.90 Å². The number of para-hydroxylation sites is 2. The number of nitrogens with zero attached hydrogens (tertiary/aromatic N) is 2. The van der Waals surface area contributed by atoms with Crippen LogP contribution >= 0.6 is 0 Å². The van der Waals surface area contributed by atoms with Gasteiger partial charge in [0, 0.05) is 17.0 Å². The second-order valence-electron chi connectivity index (χ2n) is 8.35. The molecule has 0 amide bonds. The maximum Gasteiger partial charge on any atom is 0.221 e. The lowest BCUT2D eigenvalue weighted by Gasteiger charge is -2.36. The second-order valence-corrected chi connectivity index (χ2v) is 8.35. The van der Waals surface area contributed by atoms with Gasteiger partial charge in [0.1, 0.15) is 17.6 Å². The van der Waals surface area contributed by atoms with Crippen molar-refractivity contribution in [3.63, 3.8) is 0 Å². The minimum Gasteiger partial charge on any atom is -0.495 e. The van der Waals surface area contributed by atoms with Crippen molar-refractivity contribution in [3.05, 3.63) is 71.4 Å². The molecule has 3 heterocycles. The van der Waals surface area contributed by atoms with E-state index in [2.05, 4.69) is 29.4 Å². The molecule has 4 rings (SSSR count). The third-order valence-corrected chi connectivity index (χ3v) is 6.57. The highest BCUT2D eigenvalue weighted by Gasteiger charge is 2.32. The number of aromatic nitrogens is 1. The van der Waals surface area contributed by atoms with Crippen molar-refractivity contribution in [1.82, 2.24) is 4.57 Å². The van der Waals surface area contributed by atoms with Gasteiger partial charge in [0.15, 0.2) is 0 Å². The number of carbonyl (C=O) groups is 1. The maximum absolute atomic E-state index is 13.4. The zero-order valence-corrected chi connectivity index (χ0v) is 18.9. The number of anilines is 1. The molecule has 0 bridgehead atoms. The fraction of sp³-hybridized carbons (Fsp3) is 0.400. The molecule has 6 heteroatoms. The SMILES string of the molecule is COc1ccccc1N1CC[NH+]([C@@H](C)C(=O)c2cc(C)n(Cc3ccco3)c2C)CC1. The zero-order chi connectivity index (χ0) is 22.0. The van der Waals surface area contributed by atoms with Crippen LogP contribution in [-0.2, 0) is 6.54 Å². The highest BCUT2D eigenvalue weighted by molar-refractivity contribution is 6.00. The summed E-state index contributed by atoms with van der Waals surface area (Å²) in [6, 6.07) is 14.0. The van der Waals surface area contributed by atoms with Crippen LogP contribution in [-0.4, -0.2) is 49.7 Å². The number of quaternary nitrogens is 1. The molecule has 1 aromatic carbocycles. The van der Waals surface area contributed by atoms with E-state index >= 15 is 0 Å². The van der Waals surface area contributed by atoms with Gasteiger partial charge in [-0.3, -0.25) is 4.79 Å². The van der Waals surface area contributed by atoms with E-state index in [-0.39, 0.29) is 11.8 Å². The van der Waals surface area contributed by atoms with Crippen LogP contribution in [0.1, 0.15) is 34.4 Å². The molecule has 1 saturated heterocycles. The quantitative estimate of drug-likeness (QED) is 0.595. The second kappa shape index (κ2) is 9.02. The van der Waals surface area contributed by atoms with Crippen molar-refractivity contribution in [1.29, 1.82) is 0 Å². The lowest BCUT2D eigenvalue weighted by molar-refractivity contribution is -0.914. The van der Waals surface area contributed by atoms with Gasteiger partial charge in [0.05, 0.1) is 51.8 Å². The summed E-state index contributed by atoms with van der Waals surface area (Å²) in [6.45, 7) is 10.5. The van der Waals surface area contributed by atoms with Crippen molar-refractivity contribution in [3.8, 4) is 5.75 Å². The fourth-order valence-corrected chi connectivity index (χ4v) is 4.63. The van der Waals surface area contributed by atoms with Crippen LogP contribution in [0.25, 0.3) is 0 Å². The third kappa shape index (κ3) is 4.26. The van der Waals surface area contributed by atoms with Gasteiger partial charge in [-0.05, 0) is 51.1 Å². The van der Waals surface area contributed by atoms with Gasteiger partial charge in [0.25, 0.3) is 0 Å². The number of ether oxygens (including phenoxy) is 1. The molecular weight excluding hydrogens is 390 g/mol. The standard InChI is InChI=1S/C25H31N3O3/c1-18-16-22(19(2)28(18)17-21-8-7-15-31-21)25(29)20(3)26-11-13-27(14-12-26)23-9-5-6-10-24(23)30-4/h5-10,15-16,20H,11-14,17H2,1-4H3/p+1/t20-/m0/s1. The van der Waals surface area contributed by atoms with E-state index in [0.717, 1.165) is 60.3 Å². The van der Waals surface area contributed by atoms with E-state index in [1.807, 2.05) is 43.3 Å². The number of benzene rings is 1. The van der Waals surface area contributed by atoms with E-state index in [4.69, 9.17) is 9.15 Å². The molecule has 1 aliphatic heterocycles. The third-order valence-electron chi connectivity index (χ3n) is 6.57. The summed E-state index contributed by atoms with van der Waals surface area (Å²) in [7, 11) is 1.71. The smallest absolute Gasteiger partial charge is 0.221 e. The molecule has 1 aliphatic rings. The molecule has 0 radical (unpaired) electrons. The van der Waals surface area contributed by atoms with Crippen LogP contribution in [0.5, 0.6) is 5.75 Å². The average Bonchev–Trinajstić information content (AvgIpc) is 3.42. The Morgan fingerprint density at radius 3 is 2.58 bits per heavy atom. The number of rotatable bonds is 7. The number of carbonyl (C=O) groups excluding carboxylic acids is 1. The number of hydrogen-bond donors (Lipinski definition) is 1. The number of hydrogen-bond acceptors (Lipinski definition) is 4. The Hall–Kier alpha value is -2.99. The predicted octanol–water partition coefficient (Wildman–Crippen LogP) is 2.73. The maximum atomic E-state index is 13.4. The minimum absolute atomic E-state index is 0.0719. The van der Waals surface area contributed by atoms with Gasteiger partial charge in [-0.25, -0.2) is 0 Å². The summed E-state index contributed by atoms with van der Waals surface area (Å²) >= 11 is 0. The van der Waals surface area contributed by atoms with Crippen molar-refractivity contribution in [2.75, 3.05) is 38.2 Å². The molecule has 31 heavy (non-hydrogen) atoms. The molecule has 1 N–H and O–H groups in total. The topological polar surface area (TPSA) is 52.1 Å². The van der Waals surface area contributed by atoms with Crippen molar-refractivity contribution in [2.24, 2.45) is 0 Å². The van der Waals surface area contributed by atoms with Crippen LogP contribution < -0.4 is 14.5 Å². The van der Waals surface area contributed by atoms with Gasteiger partial charge in [-0.1, -0.05) is 12.1 Å². The minimum atomic E-state index is -0.0719. The van der Waals surface area contributed by atoms with Gasteiger partial charge < -0.3 is 23.5 Å². The highest BCUT2D eigenvalue weighted by Crippen LogP contribution is 2.27. The lowest BCUT2D eigenvalue weighted by Crippen LogP contribution is -3.18. The molecule has 3 aromatic rings. The number of aryl methyl sites for hydroxylation is 1. The van der Waals surface area contributed by atoms with Crippen molar-refractivity contribution >= 4 is 11.5 Å². The summed E-state index contributed by atoms with van der Waals surface area (Å²) < 4.78 is 13.2. The lowest BCUT2D eigenvalue weighted by atomic mass is 10.0. The van der Waals surface area contributed by atoms with E-state index in [0.29, 0.717) is 6.54 Å². The number of nitrogens with one attached hydrogen (secondary N) is 1. The van der Waals surface area contributed by atoms with Crippen molar-refractivity contribution < 1.29 is 18.8 Å². The van der Waals surface area contributed by atoms with Crippen LogP contribution in [0.2, 0.25) is 0 Å². The summed E-state index contributed by atoms with van der Waals surface area (Å²) in [5.41, 5.74) is 4.05. The van der Waals surface area contributed by atoms with Gasteiger partial charge in [-0.15, -0.1) is 0 Å². The van der Waals surface area contributed by atoms with Gasteiger partial charge in [0.2, 0.25) is 5.78 Å². The molecule has 0 spiro atoms. The molecule has 0 aliphatic carbocycles.